The molecule has 0 radical (unpaired) electrons. The van der Waals surface area contributed by atoms with Crippen LogP contribution in [0.2, 0.25) is 0 Å². The van der Waals surface area contributed by atoms with Gasteiger partial charge in [-0.25, -0.2) is 0 Å². The highest BCUT2D eigenvalue weighted by atomic mass is 16.3. The van der Waals surface area contributed by atoms with Crippen molar-refractivity contribution < 1.29 is 9.21 Å². The average molecular weight is 252 g/mol. The minimum Gasteiger partial charge on any atom is -0.456 e. The van der Waals surface area contributed by atoms with Crippen molar-refractivity contribution in [3.63, 3.8) is 0 Å². The number of carbonyl (C=O) groups excluding carboxylic acids is 1. The van der Waals surface area contributed by atoms with E-state index in [4.69, 9.17) is 10.2 Å². The van der Waals surface area contributed by atoms with Gasteiger partial charge in [0.25, 0.3) is 5.91 Å². The molecule has 4 nitrogen and oxygen atoms in total. The van der Waals surface area contributed by atoms with Crippen molar-refractivity contribution in [1.29, 1.82) is 0 Å². The van der Waals surface area contributed by atoms with Gasteiger partial charge in [-0.15, -0.1) is 0 Å². The number of amides is 1. The zero-order valence-corrected chi connectivity index (χ0v) is 11.5. The molecule has 1 aromatic rings. The maximum absolute atomic E-state index is 11.8. The normalized spacial score (nSPS) is 12.7. The van der Waals surface area contributed by atoms with Crippen molar-refractivity contribution in [3.05, 3.63) is 23.7 Å². The van der Waals surface area contributed by atoms with E-state index in [0.717, 1.165) is 25.0 Å². The molecule has 18 heavy (non-hydrogen) atoms. The van der Waals surface area contributed by atoms with Crippen LogP contribution in [0.5, 0.6) is 0 Å². The van der Waals surface area contributed by atoms with Gasteiger partial charge in [0.1, 0.15) is 5.76 Å². The second-order valence-electron chi connectivity index (χ2n) is 4.57. The fourth-order valence-electron chi connectivity index (χ4n) is 2.05. The van der Waals surface area contributed by atoms with E-state index in [1.807, 2.05) is 13.0 Å². The first-order chi connectivity index (χ1) is 8.62. The summed E-state index contributed by atoms with van der Waals surface area (Å²) in [6, 6.07) is 3.54. The smallest absolute Gasteiger partial charge is 0.287 e. The molecule has 1 aromatic heterocycles. The van der Waals surface area contributed by atoms with Gasteiger partial charge in [0.05, 0.1) is 0 Å². The van der Waals surface area contributed by atoms with E-state index < -0.39 is 0 Å². The number of carbonyl (C=O) groups is 1. The van der Waals surface area contributed by atoms with Crippen LogP contribution < -0.4 is 11.1 Å². The highest BCUT2D eigenvalue weighted by Crippen LogP contribution is 2.11. The molecule has 102 valence electrons. The Kier molecular flexibility index (Phi) is 5.92. The molecule has 1 atom stereocenters. The molecule has 0 aliphatic rings. The molecular formula is C14H24N2O2. The van der Waals surface area contributed by atoms with Gasteiger partial charge in [-0.3, -0.25) is 4.79 Å². The van der Waals surface area contributed by atoms with Gasteiger partial charge in [-0.2, -0.15) is 0 Å². The zero-order chi connectivity index (χ0) is 13.5. The fraction of sp³-hybridized carbons (Fsp3) is 0.643. The van der Waals surface area contributed by atoms with E-state index in [1.165, 1.54) is 0 Å². The van der Waals surface area contributed by atoms with Crippen LogP contribution in [0.1, 0.15) is 49.9 Å². The molecule has 1 heterocycles. The van der Waals surface area contributed by atoms with Crippen molar-refractivity contribution in [2.45, 2.75) is 46.1 Å². The average Bonchev–Trinajstić information content (AvgIpc) is 2.86. The quantitative estimate of drug-likeness (QED) is 0.782. The van der Waals surface area contributed by atoms with E-state index >= 15 is 0 Å². The van der Waals surface area contributed by atoms with Gasteiger partial charge in [0.2, 0.25) is 0 Å². The Morgan fingerprint density at radius 2 is 2.00 bits per heavy atom. The number of nitrogens with two attached hydrogens (primary N) is 1. The Labute approximate surface area is 109 Å². The summed E-state index contributed by atoms with van der Waals surface area (Å²) in [6.07, 6.45) is 2.86. The zero-order valence-electron chi connectivity index (χ0n) is 11.5. The van der Waals surface area contributed by atoms with Gasteiger partial charge in [-0.1, -0.05) is 33.6 Å². The first kappa shape index (κ1) is 14.8. The molecule has 0 aromatic carbocycles. The van der Waals surface area contributed by atoms with Crippen molar-refractivity contribution >= 4 is 5.91 Å². The monoisotopic (exact) mass is 252 g/mol. The van der Waals surface area contributed by atoms with E-state index in [-0.39, 0.29) is 11.9 Å². The first-order valence-corrected chi connectivity index (χ1v) is 6.74. The third-order valence-electron chi connectivity index (χ3n) is 3.39. The molecule has 0 bridgehead atoms. The lowest BCUT2D eigenvalue weighted by molar-refractivity contribution is 0.0918. The van der Waals surface area contributed by atoms with E-state index in [9.17, 15) is 4.79 Å². The predicted molar refractivity (Wildman–Crippen MR) is 72.5 cm³/mol. The van der Waals surface area contributed by atoms with E-state index in [1.54, 1.807) is 6.07 Å². The molecule has 4 heteroatoms. The van der Waals surface area contributed by atoms with Crippen LogP contribution >= 0.6 is 0 Å². The van der Waals surface area contributed by atoms with Gasteiger partial charge < -0.3 is 15.5 Å². The molecule has 0 spiro atoms. The lowest BCUT2D eigenvalue weighted by Crippen LogP contribution is -2.41. The largest absolute Gasteiger partial charge is 0.456 e. The minimum atomic E-state index is -0.184. The lowest BCUT2D eigenvalue weighted by Gasteiger charge is -2.21. The minimum absolute atomic E-state index is 0.00422. The van der Waals surface area contributed by atoms with Crippen molar-refractivity contribution in [1.82, 2.24) is 5.32 Å². The number of aryl methyl sites for hydroxylation is 1. The summed E-state index contributed by atoms with van der Waals surface area (Å²) in [7, 11) is 0. The highest BCUT2D eigenvalue weighted by Gasteiger charge is 2.16. The van der Waals surface area contributed by atoms with Crippen LogP contribution in [-0.2, 0) is 6.42 Å². The first-order valence-electron chi connectivity index (χ1n) is 6.74. The molecular weight excluding hydrogens is 228 g/mol. The van der Waals surface area contributed by atoms with Crippen LogP contribution in [-0.4, -0.2) is 18.5 Å². The number of hydrogen-bond donors (Lipinski definition) is 2. The Balaban J connectivity index is 2.45. The summed E-state index contributed by atoms with van der Waals surface area (Å²) < 4.78 is 5.39. The van der Waals surface area contributed by atoms with Crippen molar-refractivity contribution in [3.8, 4) is 0 Å². The molecule has 1 rings (SSSR count). The van der Waals surface area contributed by atoms with Crippen molar-refractivity contribution in [2.24, 2.45) is 11.7 Å². The molecule has 0 aliphatic carbocycles. The second-order valence-corrected chi connectivity index (χ2v) is 4.57. The van der Waals surface area contributed by atoms with Crippen LogP contribution in [0.25, 0.3) is 0 Å². The van der Waals surface area contributed by atoms with Gasteiger partial charge in [-0.05, 0) is 18.1 Å². The second kappa shape index (κ2) is 7.21. The summed E-state index contributed by atoms with van der Waals surface area (Å²) in [4.78, 5) is 11.8. The van der Waals surface area contributed by atoms with Crippen LogP contribution in [0.4, 0.5) is 0 Å². The summed E-state index contributed by atoms with van der Waals surface area (Å²) in [5.41, 5.74) is 6.05. The molecule has 1 unspecified atom stereocenters. The Bertz CT molecular complexity index is 370. The standard InChI is InChI=1S/C14H24N2O2/c1-4-10(5-2)12(15)9-16-14(17)13-8-7-11(6-3)18-13/h7-8,10,12H,4-6,9,15H2,1-3H3,(H,16,17). The molecule has 1 amide bonds. The topological polar surface area (TPSA) is 68.3 Å². The molecule has 0 aliphatic heterocycles. The molecule has 0 saturated carbocycles. The predicted octanol–water partition coefficient (Wildman–Crippen LogP) is 2.34. The molecule has 0 saturated heterocycles. The molecule has 0 fully saturated rings. The molecule has 3 N–H and O–H groups in total. The Hall–Kier alpha value is -1.29. The Morgan fingerprint density at radius 3 is 2.50 bits per heavy atom. The maximum atomic E-state index is 11.8. The van der Waals surface area contributed by atoms with Crippen LogP contribution in [0, 0.1) is 5.92 Å². The third-order valence-corrected chi connectivity index (χ3v) is 3.39. The summed E-state index contributed by atoms with van der Waals surface area (Å²) in [6.45, 7) is 6.72. The van der Waals surface area contributed by atoms with Crippen molar-refractivity contribution in [2.75, 3.05) is 6.54 Å². The number of furan rings is 1. The van der Waals surface area contributed by atoms with E-state index in [0.29, 0.717) is 18.2 Å². The van der Waals surface area contributed by atoms with Crippen LogP contribution in [0.15, 0.2) is 16.5 Å². The van der Waals surface area contributed by atoms with E-state index in [2.05, 4.69) is 19.2 Å². The number of nitrogens with one attached hydrogen (secondary N) is 1. The summed E-state index contributed by atoms with van der Waals surface area (Å²) in [5.74, 6) is 1.46. The Morgan fingerprint density at radius 1 is 1.33 bits per heavy atom. The number of rotatable bonds is 7. The summed E-state index contributed by atoms with van der Waals surface area (Å²) >= 11 is 0. The van der Waals surface area contributed by atoms with Gasteiger partial charge in [0, 0.05) is 19.0 Å². The number of hydrogen-bond acceptors (Lipinski definition) is 3. The third kappa shape index (κ3) is 3.88. The fourth-order valence-corrected chi connectivity index (χ4v) is 2.05. The highest BCUT2D eigenvalue weighted by molar-refractivity contribution is 5.91. The lowest BCUT2D eigenvalue weighted by atomic mass is 9.95. The SMILES string of the molecule is CCc1ccc(C(=O)NCC(N)C(CC)CC)o1. The van der Waals surface area contributed by atoms with Gasteiger partial charge in [0.15, 0.2) is 5.76 Å². The summed E-state index contributed by atoms with van der Waals surface area (Å²) in [5, 5.41) is 2.83. The van der Waals surface area contributed by atoms with Gasteiger partial charge >= 0.3 is 0 Å². The van der Waals surface area contributed by atoms with Crippen LogP contribution in [0.3, 0.4) is 0 Å². The maximum Gasteiger partial charge on any atom is 0.287 e.